The number of benzene rings is 1. The van der Waals surface area contributed by atoms with E-state index in [0.717, 1.165) is 5.56 Å². The van der Waals surface area contributed by atoms with Crippen LogP contribution in [0.3, 0.4) is 0 Å². The second-order valence-electron chi connectivity index (χ2n) is 3.57. The fourth-order valence-electron chi connectivity index (χ4n) is 1.26. The predicted molar refractivity (Wildman–Crippen MR) is 68.0 cm³/mol. The minimum Gasteiger partial charge on any atom is -0.399 e. The van der Waals surface area contributed by atoms with E-state index in [2.05, 4.69) is 9.44 Å². The van der Waals surface area contributed by atoms with E-state index < -0.39 is 10.2 Å². The average Bonchev–Trinajstić information content (AvgIpc) is 2.22. The molecule has 0 aliphatic carbocycles. The van der Waals surface area contributed by atoms with Crippen molar-refractivity contribution in [1.29, 1.82) is 0 Å². The molecule has 1 rings (SSSR count). The number of nitrogens with two attached hydrogens (primary N) is 1. The van der Waals surface area contributed by atoms with Gasteiger partial charge in [0.15, 0.2) is 0 Å². The first-order valence-electron chi connectivity index (χ1n) is 5.07. The molecule has 7 heteroatoms. The molecule has 1 aromatic rings. The second kappa shape index (κ2) is 5.85. The Morgan fingerprint density at radius 1 is 1.41 bits per heavy atom. The van der Waals surface area contributed by atoms with Crippen LogP contribution >= 0.6 is 0 Å². The molecule has 4 N–H and O–H groups in total. The van der Waals surface area contributed by atoms with Crippen LogP contribution in [-0.4, -0.2) is 28.7 Å². The monoisotopic (exact) mass is 259 g/mol. The highest BCUT2D eigenvalue weighted by Crippen LogP contribution is 2.18. The number of methoxy groups -OCH3 is 1. The molecule has 6 nitrogen and oxygen atoms in total. The van der Waals surface area contributed by atoms with Crippen LogP contribution < -0.4 is 15.2 Å². The van der Waals surface area contributed by atoms with Gasteiger partial charge in [0.2, 0.25) is 0 Å². The molecule has 96 valence electrons. The Kier molecular flexibility index (Phi) is 4.73. The maximum Gasteiger partial charge on any atom is 0.299 e. The van der Waals surface area contributed by atoms with Crippen LogP contribution in [0.15, 0.2) is 18.2 Å². The number of nitrogens with one attached hydrogen (secondary N) is 2. The van der Waals surface area contributed by atoms with Crippen LogP contribution in [0.1, 0.15) is 5.56 Å². The molecule has 0 atom stereocenters. The first-order chi connectivity index (χ1) is 7.94. The molecule has 0 saturated carbocycles. The summed E-state index contributed by atoms with van der Waals surface area (Å²) in [5.74, 6) is 0. The molecule has 17 heavy (non-hydrogen) atoms. The van der Waals surface area contributed by atoms with Crippen LogP contribution in [0, 0.1) is 6.92 Å². The number of aryl methyl sites for hydroxylation is 1. The van der Waals surface area contributed by atoms with Gasteiger partial charge in [0.1, 0.15) is 0 Å². The Hall–Kier alpha value is -1.31. The molecule has 0 amide bonds. The molecule has 0 unspecified atom stereocenters. The van der Waals surface area contributed by atoms with E-state index in [0.29, 0.717) is 18.0 Å². The molecular weight excluding hydrogens is 242 g/mol. The summed E-state index contributed by atoms with van der Waals surface area (Å²) in [5, 5.41) is 0. The lowest BCUT2D eigenvalue weighted by molar-refractivity contribution is 0.204. The van der Waals surface area contributed by atoms with E-state index in [1.807, 2.05) is 0 Å². The van der Waals surface area contributed by atoms with Crippen molar-refractivity contribution in [1.82, 2.24) is 4.72 Å². The molecule has 1 aromatic carbocycles. The summed E-state index contributed by atoms with van der Waals surface area (Å²) in [5.41, 5.74) is 7.44. The van der Waals surface area contributed by atoms with Crippen molar-refractivity contribution in [2.45, 2.75) is 6.92 Å². The number of hydrogen-bond acceptors (Lipinski definition) is 4. The SMILES string of the molecule is COCCNS(=O)(=O)Nc1ccc(N)cc1C. The molecule has 0 aromatic heterocycles. The minimum absolute atomic E-state index is 0.222. The summed E-state index contributed by atoms with van der Waals surface area (Å²) in [6.07, 6.45) is 0. The van der Waals surface area contributed by atoms with Crippen molar-refractivity contribution in [2.75, 3.05) is 30.7 Å². The summed E-state index contributed by atoms with van der Waals surface area (Å²) in [6, 6.07) is 4.97. The van der Waals surface area contributed by atoms with Gasteiger partial charge in [-0.25, -0.2) is 0 Å². The van der Waals surface area contributed by atoms with E-state index in [-0.39, 0.29) is 6.54 Å². The van der Waals surface area contributed by atoms with Gasteiger partial charge in [-0.1, -0.05) is 0 Å². The lowest BCUT2D eigenvalue weighted by Gasteiger charge is -2.11. The Balaban J connectivity index is 2.69. The molecule has 0 heterocycles. The zero-order chi connectivity index (χ0) is 12.9. The van der Waals surface area contributed by atoms with E-state index >= 15 is 0 Å². The van der Waals surface area contributed by atoms with Gasteiger partial charge in [0.05, 0.1) is 12.3 Å². The van der Waals surface area contributed by atoms with Gasteiger partial charge in [-0.3, -0.25) is 4.72 Å². The number of ether oxygens (including phenoxy) is 1. The molecule has 0 aliphatic rings. The lowest BCUT2D eigenvalue weighted by Crippen LogP contribution is -2.32. The average molecular weight is 259 g/mol. The van der Waals surface area contributed by atoms with E-state index in [9.17, 15) is 8.42 Å². The highest BCUT2D eigenvalue weighted by Gasteiger charge is 2.10. The maximum absolute atomic E-state index is 11.6. The summed E-state index contributed by atoms with van der Waals surface area (Å²) in [6.45, 7) is 2.32. The zero-order valence-corrected chi connectivity index (χ0v) is 10.7. The van der Waals surface area contributed by atoms with Crippen molar-refractivity contribution in [3.63, 3.8) is 0 Å². The fraction of sp³-hybridized carbons (Fsp3) is 0.400. The van der Waals surface area contributed by atoms with Gasteiger partial charge in [-0.2, -0.15) is 13.1 Å². The van der Waals surface area contributed by atoms with Gasteiger partial charge >= 0.3 is 0 Å². The van der Waals surface area contributed by atoms with Crippen molar-refractivity contribution < 1.29 is 13.2 Å². The van der Waals surface area contributed by atoms with Crippen LogP contribution in [0.4, 0.5) is 11.4 Å². The highest BCUT2D eigenvalue weighted by molar-refractivity contribution is 7.90. The zero-order valence-electron chi connectivity index (χ0n) is 9.86. The summed E-state index contributed by atoms with van der Waals surface area (Å²) < 4.78 is 32.7. The number of anilines is 2. The van der Waals surface area contributed by atoms with Crippen LogP contribution in [-0.2, 0) is 14.9 Å². The first-order valence-corrected chi connectivity index (χ1v) is 6.55. The second-order valence-corrected chi connectivity index (χ2v) is 5.07. The normalized spacial score (nSPS) is 11.4. The third-order valence-electron chi connectivity index (χ3n) is 2.09. The van der Waals surface area contributed by atoms with Crippen molar-refractivity contribution in [2.24, 2.45) is 0 Å². The molecule has 0 bridgehead atoms. The van der Waals surface area contributed by atoms with E-state index in [4.69, 9.17) is 10.5 Å². The third-order valence-corrected chi connectivity index (χ3v) is 3.17. The molecule has 0 spiro atoms. The number of rotatable bonds is 6. The Bertz CT molecular complexity index is 474. The van der Waals surface area contributed by atoms with Crippen molar-refractivity contribution >= 4 is 21.6 Å². The molecule has 0 saturated heterocycles. The largest absolute Gasteiger partial charge is 0.399 e. The molecule has 0 fully saturated rings. The number of hydrogen-bond donors (Lipinski definition) is 3. The fourth-order valence-corrected chi connectivity index (χ4v) is 2.20. The third kappa shape index (κ3) is 4.59. The van der Waals surface area contributed by atoms with Gasteiger partial charge in [-0.15, -0.1) is 0 Å². The topological polar surface area (TPSA) is 93.4 Å². The van der Waals surface area contributed by atoms with Gasteiger partial charge < -0.3 is 10.5 Å². The lowest BCUT2D eigenvalue weighted by atomic mass is 10.2. The quantitative estimate of drug-likeness (QED) is 0.511. The minimum atomic E-state index is -3.56. The maximum atomic E-state index is 11.6. The van der Waals surface area contributed by atoms with E-state index in [1.54, 1.807) is 25.1 Å². The van der Waals surface area contributed by atoms with Gasteiger partial charge in [0.25, 0.3) is 10.2 Å². The van der Waals surface area contributed by atoms with Crippen LogP contribution in [0.2, 0.25) is 0 Å². The Labute approximate surface area is 101 Å². The van der Waals surface area contributed by atoms with Crippen molar-refractivity contribution in [3.05, 3.63) is 23.8 Å². The molecule has 0 radical (unpaired) electrons. The van der Waals surface area contributed by atoms with Gasteiger partial charge in [-0.05, 0) is 30.7 Å². The molecule has 0 aliphatic heterocycles. The van der Waals surface area contributed by atoms with Gasteiger partial charge in [0, 0.05) is 19.3 Å². The first kappa shape index (κ1) is 13.8. The predicted octanol–water partition coefficient (Wildman–Crippen LogP) is 0.470. The summed E-state index contributed by atoms with van der Waals surface area (Å²) in [7, 11) is -2.06. The Morgan fingerprint density at radius 2 is 2.12 bits per heavy atom. The standard InChI is InChI=1S/C10H17N3O3S/c1-8-7-9(11)3-4-10(8)13-17(14,15)12-5-6-16-2/h3-4,7,12-13H,5-6,11H2,1-2H3. The smallest absolute Gasteiger partial charge is 0.299 e. The van der Waals surface area contributed by atoms with Crippen LogP contribution in [0.5, 0.6) is 0 Å². The molecular formula is C10H17N3O3S. The Morgan fingerprint density at radius 3 is 2.71 bits per heavy atom. The summed E-state index contributed by atoms with van der Waals surface area (Å²) >= 11 is 0. The van der Waals surface area contributed by atoms with Crippen LogP contribution in [0.25, 0.3) is 0 Å². The summed E-state index contributed by atoms with van der Waals surface area (Å²) in [4.78, 5) is 0. The van der Waals surface area contributed by atoms with Crippen molar-refractivity contribution in [3.8, 4) is 0 Å². The highest BCUT2D eigenvalue weighted by atomic mass is 32.2. The number of nitrogen functional groups attached to an aromatic ring is 1. The van der Waals surface area contributed by atoms with E-state index in [1.165, 1.54) is 7.11 Å².